The standard InChI is InChI=1S/C22H19F2N4O/c23-21-19(9-10-20(22(21)24)29-18-7-2-1-3-8-18)27(16-5-4-6-16)28-12-11-25-13-17(28)14-26-15-28/h1-3,7-16H,4-6H2/q+1. The lowest BCUT2D eigenvalue weighted by atomic mass is 9.91. The van der Waals surface area contributed by atoms with Gasteiger partial charge in [0.25, 0.3) is 0 Å². The maximum absolute atomic E-state index is 15.3. The van der Waals surface area contributed by atoms with Crippen LogP contribution in [0.5, 0.6) is 11.5 Å². The Morgan fingerprint density at radius 2 is 1.83 bits per heavy atom. The summed E-state index contributed by atoms with van der Waals surface area (Å²) in [6.07, 6.45) is 11.4. The molecule has 0 spiro atoms. The Hall–Kier alpha value is -3.32. The maximum atomic E-state index is 15.3. The highest BCUT2D eigenvalue weighted by atomic mass is 19.2. The van der Waals surface area contributed by atoms with Crippen LogP contribution in [0.2, 0.25) is 0 Å². The van der Waals surface area contributed by atoms with Crippen LogP contribution >= 0.6 is 0 Å². The first-order chi connectivity index (χ1) is 14.2. The Labute approximate surface area is 167 Å². The van der Waals surface area contributed by atoms with Gasteiger partial charge in [-0.1, -0.05) is 18.2 Å². The smallest absolute Gasteiger partial charge is 0.225 e. The highest BCUT2D eigenvalue weighted by Crippen LogP contribution is 2.42. The molecule has 0 radical (unpaired) electrons. The molecule has 1 atom stereocenters. The number of hydrogen-bond acceptors (Lipinski definition) is 4. The average molecular weight is 393 g/mol. The quantitative estimate of drug-likeness (QED) is 0.648. The van der Waals surface area contributed by atoms with Crippen molar-refractivity contribution >= 4 is 18.2 Å². The number of hydrogen-bond donors (Lipinski definition) is 0. The molecule has 2 aromatic carbocycles. The van der Waals surface area contributed by atoms with Gasteiger partial charge in [-0.3, -0.25) is 4.99 Å². The predicted octanol–water partition coefficient (Wildman–Crippen LogP) is 5.29. The van der Waals surface area contributed by atoms with E-state index in [9.17, 15) is 4.39 Å². The minimum absolute atomic E-state index is 0.0638. The van der Waals surface area contributed by atoms with Crippen molar-refractivity contribution in [1.29, 1.82) is 0 Å². The van der Waals surface area contributed by atoms with Crippen LogP contribution in [0.3, 0.4) is 0 Å². The van der Waals surface area contributed by atoms with Crippen molar-refractivity contribution in [2.24, 2.45) is 9.98 Å². The third-order valence-electron chi connectivity index (χ3n) is 5.47. The number of fused-ring (bicyclic) bond motifs is 1. The fraction of sp³-hybridized carbons (Fsp3) is 0.182. The Bertz CT molecular complexity index is 1060. The lowest BCUT2D eigenvalue weighted by molar-refractivity contribution is -0.746. The van der Waals surface area contributed by atoms with Crippen LogP contribution in [0, 0.1) is 11.6 Å². The zero-order valence-corrected chi connectivity index (χ0v) is 15.6. The summed E-state index contributed by atoms with van der Waals surface area (Å²) in [4.78, 5) is 8.43. The molecule has 1 unspecified atom stereocenters. The first-order valence-corrected chi connectivity index (χ1v) is 9.54. The first-order valence-electron chi connectivity index (χ1n) is 9.54. The number of anilines is 1. The molecular formula is C22H19F2N4O+. The molecule has 29 heavy (non-hydrogen) atoms. The number of nitrogens with zero attached hydrogens (tertiary/aromatic N) is 4. The van der Waals surface area contributed by atoms with Crippen LogP contribution in [0.15, 0.2) is 76.7 Å². The van der Waals surface area contributed by atoms with Gasteiger partial charge in [-0.15, -0.1) is 4.59 Å². The second-order valence-corrected chi connectivity index (χ2v) is 7.19. The molecule has 146 valence electrons. The zero-order chi connectivity index (χ0) is 19.8. The molecule has 1 fully saturated rings. The molecule has 1 saturated carbocycles. The summed E-state index contributed by atoms with van der Waals surface area (Å²) in [6, 6.07) is 11.9. The Morgan fingerprint density at radius 1 is 1.00 bits per heavy atom. The molecule has 7 heteroatoms. The number of para-hydroxylation sites is 1. The SMILES string of the molecule is Fc1c(Oc2ccccc2)ccc(N(C2CCC2)[N+]23C=CN=CC2=CN=C3)c1F. The number of rotatable bonds is 5. The van der Waals surface area contributed by atoms with E-state index in [1.165, 1.54) is 6.07 Å². The van der Waals surface area contributed by atoms with E-state index < -0.39 is 11.6 Å². The van der Waals surface area contributed by atoms with E-state index in [1.807, 2.05) is 17.3 Å². The summed E-state index contributed by atoms with van der Waals surface area (Å²) < 4.78 is 35.9. The van der Waals surface area contributed by atoms with Gasteiger partial charge in [-0.25, -0.2) is 14.4 Å². The van der Waals surface area contributed by atoms with Gasteiger partial charge in [0.05, 0.1) is 24.7 Å². The molecule has 2 aromatic rings. The predicted molar refractivity (Wildman–Crippen MR) is 107 cm³/mol. The van der Waals surface area contributed by atoms with E-state index in [2.05, 4.69) is 9.98 Å². The minimum Gasteiger partial charge on any atom is -0.454 e. The molecule has 3 aliphatic rings. The van der Waals surface area contributed by atoms with E-state index >= 15 is 4.39 Å². The van der Waals surface area contributed by atoms with E-state index in [4.69, 9.17) is 4.74 Å². The second kappa shape index (κ2) is 6.93. The summed E-state index contributed by atoms with van der Waals surface area (Å²) >= 11 is 0. The van der Waals surface area contributed by atoms with Crippen molar-refractivity contribution < 1.29 is 18.1 Å². The molecule has 5 nitrogen and oxygen atoms in total. The lowest BCUT2D eigenvalue weighted by Crippen LogP contribution is -2.61. The second-order valence-electron chi connectivity index (χ2n) is 7.19. The number of allylic oxidation sites excluding steroid dienone is 1. The van der Waals surface area contributed by atoms with Gasteiger partial charge in [-0.2, -0.15) is 4.39 Å². The summed E-state index contributed by atoms with van der Waals surface area (Å²) in [5.74, 6) is -1.64. The van der Waals surface area contributed by atoms with Gasteiger partial charge < -0.3 is 4.74 Å². The molecule has 0 aromatic heterocycles. The zero-order valence-electron chi connectivity index (χ0n) is 15.6. The summed E-state index contributed by atoms with van der Waals surface area (Å²) in [7, 11) is 0. The van der Waals surface area contributed by atoms with E-state index in [0.29, 0.717) is 5.75 Å². The lowest BCUT2D eigenvalue weighted by Gasteiger charge is -2.46. The summed E-state index contributed by atoms with van der Waals surface area (Å²) in [5.41, 5.74) is 0.954. The van der Waals surface area contributed by atoms with Gasteiger partial charge >= 0.3 is 0 Å². The van der Waals surface area contributed by atoms with Crippen molar-refractivity contribution in [3.63, 3.8) is 0 Å². The Balaban J connectivity index is 1.56. The van der Waals surface area contributed by atoms with Crippen LogP contribution in [-0.4, -0.2) is 23.2 Å². The normalized spacial score (nSPS) is 22.2. The molecule has 0 bridgehead atoms. The third-order valence-corrected chi connectivity index (χ3v) is 5.47. The van der Waals surface area contributed by atoms with E-state index in [1.54, 1.807) is 55.3 Å². The van der Waals surface area contributed by atoms with Gasteiger partial charge in [0, 0.05) is 0 Å². The number of quaternary nitrogens is 1. The average Bonchev–Trinajstić information content (AvgIpc) is 3.14. The van der Waals surface area contributed by atoms with Crippen molar-refractivity contribution in [3.05, 3.63) is 78.4 Å². The highest BCUT2D eigenvalue weighted by molar-refractivity contribution is 5.82. The van der Waals surface area contributed by atoms with Crippen LogP contribution < -0.4 is 9.75 Å². The Kier molecular flexibility index (Phi) is 4.24. The number of benzene rings is 2. The van der Waals surface area contributed by atoms with Crippen LogP contribution in [0.25, 0.3) is 0 Å². The van der Waals surface area contributed by atoms with E-state index in [0.717, 1.165) is 25.0 Å². The summed E-state index contributed by atoms with van der Waals surface area (Å²) in [6.45, 7) is 0. The number of aliphatic imine (C=N–C) groups is 2. The molecular weight excluding hydrogens is 374 g/mol. The molecule has 0 saturated heterocycles. The molecule has 5 rings (SSSR count). The highest BCUT2D eigenvalue weighted by Gasteiger charge is 2.47. The summed E-state index contributed by atoms with van der Waals surface area (Å²) in [5, 5.41) is 1.87. The largest absolute Gasteiger partial charge is 0.454 e. The topological polar surface area (TPSA) is 37.2 Å². The monoisotopic (exact) mass is 393 g/mol. The molecule has 2 aliphatic heterocycles. The van der Waals surface area contributed by atoms with Crippen LogP contribution in [0.1, 0.15) is 19.3 Å². The van der Waals surface area contributed by atoms with Gasteiger partial charge in [0.1, 0.15) is 11.4 Å². The number of ether oxygens (including phenoxy) is 1. The fourth-order valence-electron chi connectivity index (χ4n) is 3.80. The van der Waals surface area contributed by atoms with Crippen LogP contribution in [-0.2, 0) is 0 Å². The molecule has 0 N–H and O–H groups in total. The first kappa shape index (κ1) is 17.8. The van der Waals surface area contributed by atoms with E-state index in [-0.39, 0.29) is 22.1 Å². The van der Waals surface area contributed by atoms with Gasteiger partial charge in [0.15, 0.2) is 17.8 Å². The molecule has 2 heterocycles. The minimum atomic E-state index is -1.01. The maximum Gasteiger partial charge on any atom is 0.225 e. The third kappa shape index (κ3) is 2.86. The van der Waals surface area contributed by atoms with Crippen molar-refractivity contribution in [2.75, 3.05) is 5.01 Å². The van der Waals surface area contributed by atoms with Gasteiger partial charge in [0.2, 0.25) is 17.9 Å². The fourth-order valence-corrected chi connectivity index (χ4v) is 3.80. The molecule has 0 amide bonds. The molecule has 1 aliphatic carbocycles. The van der Waals surface area contributed by atoms with Crippen molar-refractivity contribution in [2.45, 2.75) is 25.3 Å². The van der Waals surface area contributed by atoms with Gasteiger partial charge in [-0.05, 0) is 43.5 Å². The van der Waals surface area contributed by atoms with Crippen molar-refractivity contribution in [1.82, 2.24) is 0 Å². The van der Waals surface area contributed by atoms with Crippen molar-refractivity contribution in [3.8, 4) is 11.5 Å². The number of halogens is 2. The Morgan fingerprint density at radius 3 is 2.59 bits per heavy atom. The van der Waals surface area contributed by atoms with Crippen LogP contribution in [0.4, 0.5) is 14.5 Å².